The summed E-state index contributed by atoms with van der Waals surface area (Å²) in [5, 5.41) is 5.87. The number of allylic oxidation sites excluding steroid dienone is 1. The summed E-state index contributed by atoms with van der Waals surface area (Å²) < 4.78 is 9.93. The predicted molar refractivity (Wildman–Crippen MR) is 78.7 cm³/mol. The first-order valence-electron chi connectivity index (χ1n) is 6.33. The minimum Gasteiger partial charge on any atom is -0.497 e. The summed E-state index contributed by atoms with van der Waals surface area (Å²) in [6, 6.07) is 7.53. The molecule has 1 aromatic rings. The molecule has 5 nitrogen and oxygen atoms in total. The molecule has 1 aromatic carbocycles. The van der Waals surface area contributed by atoms with Gasteiger partial charge in [-0.3, -0.25) is 5.01 Å². The van der Waals surface area contributed by atoms with E-state index < -0.39 is 0 Å². The molecule has 0 aromatic heterocycles. The molecule has 0 spiro atoms. The van der Waals surface area contributed by atoms with Crippen LogP contribution in [0.3, 0.4) is 0 Å². The van der Waals surface area contributed by atoms with Gasteiger partial charge in [0.05, 0.1) is 19.9 Å². The Morgan fingerprint density at radius 1 is 1.35 bits per heavy atom. The van der Waals surface area contributed by atoms with Crippen molar-refractivity contribution >= 4 is 12.2 Å². The largest absolute Gasteiger partial charge is 0.497 e. The summed E-state index contributed by atoms with van der Waals surface area (Å²) in [5.74, 6) is 0.436. The van der Waals surface area contributed by atoms with Gasteiger partial charge in [0.1, 0.15) is 5.75 Å². The summed E-state index contributed by atoms with van der Waals surface area (Å²) in [7, 11) is 3.39. The van der Waals surface area contributed by atoms with Gasteiger partial charge in [-0.15, -0.1) is 0 Å². The predicted octanol–water partition coefficient (Wildman–Crippen LogP) is 2.43. The van der Waals surface area contributed by atoms with Crippen LogP contribution in [0.2, 0.25) is 0 Å². The van der Waals surface area contributed by atoms with Crippen LogP contribution in [0.15, 0.2) is 41.1 Å². The fourth-order valence-corrected chi connectivity index (χ4v) is 1.38. The highest BCUT2D eigenvalue weighted by Gasteiger charge is 2.01. The summed E-state index contributed by atoms with van der Waals surface area (Å²) in [6.45, 7) is 3.93. The van der Waals surface area contributed by atoms with Crippen LogP contribution in [0.5, 0.6) is 5.75 Å². The van der Waals surface area contributed by atoms with Crippen LogP contribution in [0.1, 0.15) is 19.4 Å². The zero-order valence-corrected chi connectivity index (χ0v) is 12.3. The van der Waals surface area contributed by atoms with Crippen LogP contribution in [0.4, 0.5) is 0 Å². The van der Waals surface area contributed by atoms with E-state index in [9.17, 15) is 4.79 Å². The van der Waals surface area contributed by atoms with E-state index in [1.54, 1.807) is 39.2 Å². The molecule has 20 heavy (non-hydrogen) atoms. The molecule has 0 saturated heterocycles. The van der Waals surface area contributed by atoms with Gasteiger partial charge >= 0.3 is 5.97 Å². The van der Waals surface area contributed by atoms with Crippen molar-refractivity contribution in [2.24, 2.45) is 5.10 Å². The summed E-state index contributed by atoms with van der Waals surface area (Å²) in [5.41, 5.74) is 1.65. The number of esters is 1. The van der Waals surface area contributed by atoms with Gasteiger partial charge in [0.25, 0.3) is 0 Å². The lowest BCUT2D eigenvalue weighted by Gasteiger charge is -2.12. The Kier molecular flexibility index (Phi) is 6.29. The molecule has 0 aliphatic heterocycles. The Balaban J connectivity index is 2.65. The molecule has 5 heteroatoms. The second-order valence-electron chi connectivity index (χ2n) is 4.08. The molecule has 1 rings (SSSR count). The molecule has 0 fully saturated rings. The maximum atomic E-state index is 11.3. The summed E-state index contributed by atoms with van der Waals surface area (Å²) >= 11 is 0. The van der Waals surface area contributed by atoms with Gasteiger partial charge < -0.3 is 9.47 Å². The number of rotatable bonds is 6. The van der Waals surface area contributed by atoms with Gasteiger partial charge in [0, 0.05) is 18.8 Å². The third-order valence-electron chi connectivity index (χ3n) is 2.62. The second kappa shape index (κ2) is 7.99. The van der Waals surface area contributed by atoms with Crippen LogP contribution in [0, 0.1) is 0 Å². The van der Waals surface area contributed by atoms with Gasteiger partial charge in [0.2, 0.25) is 0 Å². The van der Waals surface area contributed by atoms with Crippen molar-refractivity contribution < 1.29 is 14.3 Å². The number of carbonyl (C=O) groups excluding carboxylic acids is 1. The molecule has 0 bridgehead atoms. The molecule has 0 aliphatic carbocycles. The SMILES string of the molecule is CCOC(=O)/C=C(\C)N(C)/N=C/c1ccc(OC)cc1. The highest BCUT2D eigenvalue weighted by Crippen LogP contribution is 2.10. The Bertz CT molecular complexity index is 492. The number of carbonyl (C=O) groups is 1. The maximum absolute atomic E-state index is 11.3. The zero-order valence-electron chi connectivity index (χ0n) is 12.3. The van der Waals surface area contributed by atoms with E-state index in [0.717, 1.165) is 11.3 Å². The minimum atomic E-state index is -0.364. The fraction of sp³-hybridized carbons (Fsp3) is 0.333. The van der Waals surface area contributed by atoms with Gasteiger partial charge in [-0.25, -0.2) is 4.79 Å². The van der Waals surface area contributed by atoms with Gasteiger partial charge in [-0.1, -0.05) is 0 Å². The molecule has 0 radical (unpaired) electrons. The lowest BCUT2D eigenvalue weighted by atomic mass is 10.2. The van der Waals surface area contributed by atoms with Gasteiger partial charge in [-0.05, 0) is 43.7 Å². The monoisotopic (exact) mass is 276 g/mol. The van der Waals surface area contributed by atoms with E-state index in [4.69, 9.17) is 9.47 Å². The Morgan fingerprint density at radius 3 is 2.55 bits per heavy atom. The standard InChI is InChI=1S/C15H20N2O3/c1-5-20-15(18)10-12(2)17(3)16-11-13-6-8-14(19-4)9-7-13/h6-11H,5H2,1-4H3/b12-10+,16-11+. The van der Waals surface area contributed by atoms with Crippen LogP contribution < -0.4 is 4.74 Å². The van der Waals surface area contributed by atoms with Crippen molar-refractivity contribution in [3.63, 3.8) is 0 Å². The molecule has 0 atom stereocenters. The third kappa shape index (κ3) is 5.14. The number of benzene rings is 1. The van der Waals surface area contributed by atoms with Crippen LogP contribution in [-0.2, 0) is 9.53 Å². The molecule has 0 heterocycles. The second-order valence-corrected chi connectivity index (χ2v) is 4.08. The van der Waals surface area contributed by atoms with Crippen molar-refractivity contribution in [3.8, 4) is 5.75 Å². The quantitative estimate of drug-likeness (QED) is 0.346. The minimum absolute atomic E-state index is 0.363. The molecule has 0 saturated carbocycles. The zero-order chi connectivity index (χ0) is 15.0. The third-order valence-corrected chi connectivity index (χ3v) is 2.62. The lowest BCUT2D eigenvalue weighted by molar-refractivity contribution is -0.137. The highest BCUT2D eigenvalue weighted by atomic mass is 16.5. The van der Waals surface area contributed by atoms with Crippen LogP contribution in [-0.4, -0.2) is 38.0 Å². The molecular weight excluding hydrogens is 256 g/mol. The molecule has 0 unspecified atom stereocenters. The Hall–Kier alpha value is -2.30. The first kappa shape index (κ1) is 15.8. The van der Waals surface area contributed by atoms with Crippen LogP contribution in [0.25, 0.3) is 0 Å². The Labute approximate surface area is 119 Å². The van der Waals surface area contributed by atoms with E-state index in [2.05, 4.69) is 5.10 Å². The number of ether oxygens (including phenoxy) is 2. The smallest absolute Gasteiger partial charge is 0.332 e. The van der Waals surface area contributed by atoms with Gasteiger partial charge in [-0.2, -0.15) is 5.10 Å². The highest BCUT2D eigenvalue weighted by molar-refractivity contribution is 5.82. The maximum Gasteiger partial charge on any atom is 0.332 e. The molecule has 108 valence electrons. The van der Waals surface area contributed by atoms with Crippen molar-refractivity contribution in [2.45, 2.75) is 13.8 Å². The first-order valence-corrected chi connectivity index (χ1v) is 6.33. The van der Waals surface area contributed by atoms with E-state index in [0.29, 0.717) is 12.3 Å². The van der Waals surface area contributed by atoms with Crippen molar-refractivity contribution in [3.05, 3.63) is 41.6 Å². The number of nitrogens with zero attached hydrogens (tertiary/aromatic N) is 2. The topological polar surface area (TPSA) is 51.1 Å². The van der Waals surface area contributed by atoms with E-state index in [1.807, 2.05) is 24.3 Å². The lowest BCUT2D eigenvalue weighted by Crippen LogP contribution is -2.11. The number of hydrogen-bond acceptors (Lipinski definition) is 5. The Morgan fingerprint density at radius 2 is 2.00 bits per heavy atom. The average molecular weight is 276 g/mol. The van der Waals surface area contributed by atoms with Gasteiger partial charge in [0.15, 0.2) is 0 Å². The molecule has 0 aliphatic rings. The van der Waals surface area contributed by atoms with E-state index in [-0.39, 0.29) is 5.97 Å². The molecule has 0 N–H and O–H groups in total. The normalized spacial score (nSPS) is 11.5. The number of hydrogen-bond donors (Lipinski definition) is 0. The van der Waals surface area contributed by atoms with Crippen molar-refractivity contribution in [2.75, 3.05) is 20.8 Å². The fourth-order valence-electron chi connectivity index (χ4n) is 1.38. The number of methoxy groups -OCH3 is 1. The average Bonchev–Trinajstić information content (AvgIpc) is 2.45. The number of hydrazone groups is 1. The summed E-state index contributed by atoms with van der Waals surface area (Å²) in [4.78, 5) is 11.3. The van der Waals surface area contributed by atoms with Crippen molar-refractivity contribution in [1.29, 1.82) is 0 Å². The van der Waals surface area contributed by atoms with E-state index in [1.165, 1.54) is 6.08 Å². The molecular formula is C15H20N2O3. The van der Waals surface area contributed by atoms with E-state index >= 15 is 0 Å². The van der Waals surface area contributed by atoms with Crippen LogP contribution >= 0.6 is 0 Å². The molecule has 0 amide bonds. The summed E-state index contributed by atoms with van der Waals surface area (Å²) in [6.07, 6.45) is 3.12. The van der Waals surface area contributed by atoms with Crippen molar-refractivity contribution in [1.82, 2.24) is 5.01 Å². The first-order chi connectivity index (χ1) is 9.56.